The molecule has 0 amide bonds. The second kappa shape index (κ2) is 7.41. The van der Waals surface area contributed by atoms with Gasteiger partial charge in [0.15, 0.2) is 5.76 Å². The number of allylic oxidation sites excluding steroid dienone is 1. The lowest BCUT2D eigenvalue weighted by Gasteiger charge is -2.36. The van der Waals surface area contributed by atoms with Gasteiger partial charge in [-0.15, -0.1) is 0 Å². The molecule has 0 radical (unpaired) electrons. The van der Waals surface area contributed by atoms with Crippen LogP contribution in [0.15, 0.2) is 47.9 Å². The molecular formula is C20H27NO3. The molecule has 1 aromatic carbocycles. The van der Waals surface area contributed by atoms with Crippen molar-refractivity contribution in [3.05, 3.63) is 59.1 Å². The fourth-order valence-corrected chi connectivity index (χ4v) is 3.60. The SMILES string of the molecule is COC1=C(OC)CC(CCN2CCc3ccccc3C2)(OC)C=C1. The number of benzene rings is 1. The monoisotopic (exact) mass is 329 g/mol. The molecule has 1 aliphatic carbocycles. The van der Waals surface area contributed by atoms with Crippen LogP contribution in [-0.4, -0.2) is 44.9 Å². The van der Waals surface area contributed by atoms with Crippen molar-refractivity contribution in [2.75, 3.05) is 34.4 Å². The van der Waals surface area contributed by atoms with Crippen LogP contribution in [0, 0.1) is 0 Å². The van der Waals surface area contributed by atoms with E-state index in [9.17, 15) is 0 Å². The first-order valence-electron chi connectivity index (χ1n) is 8.54. The van der Waals surface area contributed by atoms with Crippen LogP contribution < -0.4 is 0 Å². The average molecular weight is 329 g/mol. The van der Waals surface area contributed by atoms with Gasteiger partial charge in [0, 0.05) is 33.2 Å². The molecule has 130 valence electrons. The predicted octanol–water partition coefficient (Wildman–Crippen LogP) is 3.28. The van der Waals surface area contributed by atoms with Crippen LogP contribution in [-0.2, 0) is 27.2 Å². The lowest BCUT2D eigenvalue weighted by Crippen LogP contribution is -2.39. The van der Waals surface area contributed by atoms with E-state index in [2.05, 4.69) is 35.2 Å². The normalized spacial score (nSPS) is 24.0. The van der Waals surface area contributed by atoms with Crippen LogP contribution in [0.5, 0.6) is 0 Å². The summed E-state index contributed by atoms with van der Waals surface area (Å²) in [4.78, 5) is 2.51. The topological polar surface area (TPSA) is 30.9 Å². The first-order chi connectivity index (χ1) is 11.7. The molecule has 0 spiro atoms. The van der Waals surface area contributed by atoms with Crippen LogP contribution in [0.25, 0.3) is 0 Å². The molecule has 1 aliphatic heterocycles. The van der Waals surface area contributed by atoms with Crippen molar-refractivity contribution in [1.82, 2.24) is 4.90 Å². The van der Waals surface area contributed by atoms with Gasteiger partial charge in [0.05, 0.1) is 19.8 Å². The summed E-state index contributed by atoms with van der Waals surface area (Å²) in [5.41, 5.74) is 2.63. The molecule has 1 unspecified atom stereocenters. The molecule has 0 saturated carbocycles. The number of rotatable bonds is 6. The first-order valence-corrected chi connectivity index (χ1v) is 8.54. The molecule has 2 aliphatic rings. The number of fused-ring (bicyclic) bond motifs is 1. The van der Waals surface area contributed by atoms with Crippen LogP contribution >= 0.6 is 0 Å². The maximum atomic E-state index is 5.88. The largest absolute Gasteiger partial charge is 0.497 e. The van der Waals surface area contributed by atoms with Gasteiger partial charge >= 0.3 is 0 Å². The minimum atomic E-state index is -0.315. The highest BCUT2D eigenvalue weighted by Gasteiger charge is 2.34. The Bertz CT molecular complexity index is 638. The van der Waals surface area contributed by atoms with Crippen molar-refractivity contribution in [1.29, 1.82) is 0 Å². The van der Waals surface area contributed by atoms with Crippen molar-refractivity contribution >= 4 is 0 Å². The van der Waals surface area contributed by atoms with Crippen LogP contribution in [0.3, 0.4) is 0 Å². The summed E-state index contributed by atoms with van der Waals surface area (Å²) in [6.07, 6.45) is 6.86. The van der Waals surface area contributed by atoms with Gasteiger partial charge in [0.25, 0.3) is 0 Å². The van der Waals surface area contributed by atoms with Gasteiger partial charge in [-0.05, 0) is 36.1 Å². The molecule has 1 aromatic rings. The van der Waals surface area contributed by atoms with Gasteiger partial charge in [0.1, 0.15) is 5.76 Å². The molecular weight excluding hydrogens is 302 g/mol. The van der Waals surface area contributed by atoms with Gasteiger partial charge in [0.2, 0.25) is 0 Å². The number of hydrogen-bond acceptors (Lipinski definition) is 4. The van der Waals surface area contributed by atoms with Gasteiger partial charge < -0.3 is 14.2 Å². The van der Waals surface area contributed by atoms with Crippen molar-refractivity contribution in [2.45, 2.75) is 31.4 Å². The Hall–Kier alpha value is -1.78. The van der Waals surface area contributed by atoms with E-state index in [4.69, 9.17) is 14.2 Å². The summed E-state index contributed by atoms with van der Waals surface area (Å²) < 4.78 is 16.7. The second-order valence-electron chi connectivity index (χ2n) is 6.52. The Kier molecular flexibility index (Phi) is 5.27. The number of hydrogen-bond donors (Lipinski definition) is 0. The van der Waals surface area contributed by atoms with Gasteiger partial charge in [-0.2, -0.15) is 0 Å². The van der Waals surface area contributed by atoms with E-state index in [0.717, 1.165) is 44.0 Å². The molecule has 0 fully saturated rings. The molecule has 4 nitrogen and oxygen atoms in total. The van der Waals surface area contributed by atoms with Gasteiger partial charge in [-0.1, -0.05) is 24.3 Å². The Labute approximate surface area is 144 Å². The molecule has 0 aromatic heterocycles. The lowest BCUT2D eigenvalue weighted by atomic mass is 9.89. The van der Waals surface area contributed by atoms with Crippen LogP contribution in [0.2, 0.25) is 0 Å². The van der Waals surface area contributed by atoms with Gasteiger partial charge in [-0.3, -0.25) is 4.90 Å². The molecule has 0 N–H and O–H groups in total. The molecule has 0 bridgehead atoms. The molecule has 24 heavy (non-hydrogen) atoms. The molecule has 0 saturated heterocycles. The Balaban J connectivity index is 1.64. The minimum absolute atomic E-state index is 0.315. The maximum absolute atomic E-state index is 5.88. The van der Waals surface area contributed by atoms with Crippen LogP contribution in [0.4, 0.5) is 0 Å². The zero-order valence-electron chi connectivity index (χ0n) is 14.9. The highest BCUT2D eigenvalue weighted by Crippen LogP contribution is 2.33. The molecule has 3 rings (SSSR count). The summed E-state index contributed by atoms with van der Waals surface area (Å²) in [6.45, 7) is 3.14. The fourth-order valence-electron chi connectivity index (χ4n) is 3.60. The van der Waals surface area contributed by atoms with E-state index >= 15 is 0 Å². The highest BCUT2D eigenvalue weighted by atomic mass is 16.5. The first kappa shape index (κ1) is 17.1. The van der Waals surface area contributed by atoms with Gasteiger partial charge in [-0.25, -0.2) is 0 Å². The molecule has 4 heteroatoms. The zero-order chi connectivity index (χ0) is 17.0. The standard InChI is InChI=1S/C20H27NO3/c1-22-18-8-10-20(24-3,14-19(18)23-2)11-13-21-12-9-16-6-4-5-7-17(16)15-21/h4-8,10H,9,11-15H2,1-3H3. The van der Waals surface area contributed by atoms with E-state index in [0.29, 0.717) is 6.42 Å². The van der Waals surface area contributed by atoms with Crippen molar-refractivity contribution in [3.63, 3.8) is 0 Å². The predicted molar refractivity (Wildman–Crippen MR) is 94.6 cm³/mol. The van der Waals surface area contributed by atoms with E-state index in [-0.39, 0.29) is 5.60 Å². The van der Waals surface area contributed by atoms with Crippen molar-refractivity contribution in [3.8, 4) is 0 Å². The zero-order valence-corrected chi connectivity index (χ0v) is 14.9. The van der Waals surface area contributed by atoms with E-state index < -0.39 is 0 Å². The third-order valence-electron chi connectivity index (χ3n) is 5.21. The minimum Gasteiger partial charge on any atom is -0.497 e. The summed E-state index contributed by atoms with van der Waals surface area (Å²) in [7, 11) is 5.14. The molecule has 1 heterocycles. The Morgan fingerprint density at radius 3 is 2.58 bits per heavy atom. The van der Waals surface area contributed by atoms with Crippen molar-refractivity contribution in [2.24, 2.45) is 0 Å². The van der Waals surface area contributed by atoms with E-state index in [1.165, 1.54) is 11.1 Å². The second-order valence-corrected chi connectivity index (χ2v) is 6.52. The number of nitrogens with zero attached hydrogens (tertiary/aromatic N) is 1. The third kappa shape index (κ3) is 3.50. The smallest absolute Gasteiger partial charge is 0.156 e. The Morgan fingerprint density at radius 2 is 1.88 bits per heavy atom. The van der Waals surface area contributed by atoms with Crippen molar-refractivity contribution < 1.29 is 14.2 Å². The average Bonchev–Trinajstić information content (AvgIpc) is 2.66. The summed E-state index contributed by atoms with van der Waals surface area (Å²) >= 11 is 0. The summed E-state index contributed by atoms with van der Waals surface area (Å²) in [6, 6.07) is 8.75. The summed E-state index contributed by atoms with van der Waals surface area (Å²) in [5, 5.41) is 0. The fraction of sp³-hybridized carbons (Fsp3) is 0.500. The maximum Gasteiger partial charge on any atom is 0.156 e. The quantitative estimate of drug-likeness (QED) is 0.801. The van der Waals surface area contributed by atoms with Crippen LogP contribution in [0.1, 0.15) is 24.0 Å². The summed E-state index contributed by atoms with van der Waals surface area (Å²) in [5.74, 6) is 1.64. The van der Waals surface area contributed by atoms with E-state index in [1.54, 1.807) is 21.3 Å². The lowest BCUT2D eigenvalue weighted by molar-refractivity contribution is 0.00104. The number of ether oxygens (including phenoxy) is 3. The highest BCUT2D eigenvalue weighted by molar-refractivity contribution is 5.30. The van der Waals surface area contributed by atoms with E-state index in [1.807, 2.05) is 6.08 Å². The third-order valence-corrected chi connectivity index (χ3v) is 5.21. The number of methoxy groups -OCH3 is 3. The molecule has 1 atom stereocenters. The Morgan fingerprint density at radius 1 is 1.08 bits per heavy atom.